The van der Waals surface area contributed by atoms with Crippen molar-refractivity contribution in [3.63, 3.8) is 0 Å². The fourth-order valence-corrected chi connectivity index (χ4v) is 6.53. The minimum Gasteiger partial charge on any atom is -0.378 e. The van der Waals surface area contributed by atoms with E-state index in [9.17, 15) is 8.42 Å². The first-order valence-electron chi connectivity index (χ1n) is 12.0. The van der Waals surface area contributed by atoms with E-state index in [1.807, 2.05) is 66.7 Å². The number of benzene rings is 4. The number of sulfonamides is 1. The minimum atomic E-state index is -3.74. The third-order valence-electron chi connectivity index (χ3n) is 7.12. The average Bonchev–Trinajstić information content (AvgIpc) is 3.40. The Morgan fingerprint density at radius 1 is 0.833 bits per heavy atom. The molecule has 0 bridgehead atoms. The van der Waals surface area contributed by atoms with Crippen LogP contribution in [0.4, 0.5) is 11.4 Å². The zero-order valence-electron chi connectivity index (χ0n) is 19.4. The van der Waals surface area contributed by atoms with Crippen LogP contribution in [-0.4, -0.2) is 8.42 Å². The average molecular weight is 513 g/mol. The van der Waals surface area contributed by atoms with Crippen LogP contribution in [0.5, 0.6) is 0 Å². The second-order valence-electron chi connectivity index (χ2n) is 9.32. The van der Waals surface area contributed by atoms with Gasteiger partial charge in [0.1, 0.15) is 0 Å². The summed E-state index contributed by atoms with van der Waals surface area (Å²) in [4.78, 5) is 0.263. The first kappa shape index (κ1) is 22.9. The predicted octanol–water partition coefficient (Wildman–Crippen LogP) is 7.63. The van der Waals surface area contributed by atoms with Crippen molar-refractivity contribution >= 4 is 33.0 Å². The number of fused-ring (bicyclic) bond motifs is 3. The second-order valence-corrected chi connectivity index (χ2v) is 11.4. The van der Waals surface area contributed by atoms with Crippen LogP contribution in [0, 0.1) is 5.92 Å². The Bertz CT molecular complexity index is 1530. The molecule has 4 aromatic rings. The molecule has 0 amide bonds. The van der Waals surface area contributed by atoms with Gasteiger partial charge in [-0.25, -0.2) is 8.42 Å². The smallest absolute Gasteiger partial charge is 0.261 e. The molecule has 1 aliphatic carbocycles. The zero-order valence-corrected chi connectivity index (χ0v) is 21.0. The van der Waals surface area contributed by atoms with Crippen molar-refractivity contribution < 1.29 is 8.42 Å². The summed E-state index contributed by atoms with van der Waals surface area (Å²) in [7, 11) is -3.74. The highest BCUT2D eigenvalue weighted by Gasteiger charge is 2.38. The summed E-state index contributed by atoms with van der Waals surface area (Å²) in [5.74, 6) is 0.470. The quantitative estimate of drug-likeness (QED) is 0.270. The van der Waals surface area contributed by atoms with E-state index in [4.69, 9.17) is 11.6 Å². The molecule has 3 atom stereocenters. The summed E-state index contributed by atoms with van der Waals surface area (Å²) in [6.45, 7) is 0. The van der Waals surface area contributed by atoms with Gasteiger partial charge >= 0.3 is 0 Å². The Balaban J connectivity index is 1.27. The van der Waals surface area contributed by atoms with Crippen molar-refractivity contribution in [1.82, 2.24) is 0 Å². The minimum absolute atomic E-state index is 0.137. The van der Waals surface area contributed by atoms with Crippen molar-refractivity contribution in [3.05, 3.63) is 125 Å². The number of anilines is 2. The number of nitrogens with one attached hydrogen (secondary N) is 2. The lowest BCUT2D eigenvalue weighted by atomic mass is 9.77. The van der Waals surface area contributed by atoms with Crippen LogP contribution < -0.4 is 10.0 Å². The molecule has 0 fully saturated rings. The number of rotatable bonds is 5. The maximum absolute atomic E-state index is 13.3. The summed E-state index contributed by atoms with van der Waals surface area (Å²) in [6, 6.07) is 30.9. The molecule has 0 spiro atoms. The van der Waals surface area contributed by atoms with Crippen molar-refractivity contribution in [1.29, 1.82) is 0 Å². The largest absolute Gasteiger partial charge is 0.378 e. The number of hydrogen-bond acceptors (Lipinski definition) is 3. The summed E-state index contributed by atoms with van der Waals surface area (Å²) in [5.41, 5.74) is 5.82. The van der Waals surface area contributed by atoms with Crippen LogP contribution >= 0.6 is 11.6 Å². The fourth-order valence-electron chi connectivity index (χ4n) is 5.32. The molecule has 6 heteroatoms. The van der Waals surface area contributed by atoms with E-state index in [2.05, 4.69) is 34.3 Å². The number of hydrogen-bond donors (Lipinski definition) is 2. The Kier molecular flexibility index (Phi) is 5.82. The van der Waals surface area contributed by atoms with Crippen molar-refractivity contribution in [2.24, 2.45) is 5.92 Å². The molecular weight excluding hydrogens is 488 g/mol. The lowest BCUT2D eigenvalue weighted by Gasteiger charge is -2.37. The number of halogens is 1. The third-order valence-corrected chi connectivity index (χ3v) is 8.75. The predicted molar refractivity (Wildman–Crippen MR) is 147 cm³/mol. The van der Waals surface area contributed by atoms with Crippen LogP contribution in [0.1, 0.15) is 29.5 Å². The van der Waals surface area contributed by atoms with Crippen LogP contribution in [-0.2, 0) is 10.0 Å². The highest BCUT2D eigenvalue weighted by molar-refractivity contribution is 7.92. The normalized spacial score (nSPS) is 20.3. The highest BCUT2D eigenvalue weighted by atomic mass is 35.5. The molecule has 1 aliphatic heterocycles. The molecule has 6 rings (SSSR count). The summed E-state index contributed by atoms with van der Waals surface area (Å²) in [5, 5.41) is 4.37. The second kappa shape index (κ2) is 9.16. The van der Waals surface area contributed by atoms with E-state index in [0.717, 1.165) is 28.8 Å². The van der Waals surface area contributed by atoms with Gasteiger partial charge in [-0.1, -0.05) is 78.4 Å². The number of allylic oxidation sites excluding steroid dienone is 2. The molecule has 36 heavy (non-hydrogen) atoms. The third kappa shape index (κ3) is 4.29. The van der Waals surface area contributed by atoms with Gasteiger partial charge in [0.2, 0.25) is 0 Å². The monoisotopic (exact) mass is 512 g/mol. The fraction of sp³-hybridized carbons (Fsp3) is 0.133. The van der Waals surface area contributed by atoms with Gasteiger partial charge in [0.05, 0.1) is 10.9 Å². The molecule has 0 unspecified atom stereocenters. The first-order chi connectivity index (χ1) is 17.5. The van der Waals surface area contributed by atoms with Crippen molar-refractivity contribution in [2.45, 2.75) is 23.3 Å². The lowest BCUT2D eigenvalue weighted by Crippen LogP contribution is -2.29. The molecular formula is C30H25ClN2O2S. The molecule has 4 aromatic carbocycles. The maximum atomic E-state index is 13.3. The summed E-state index contributed by atoms with van der Waals surface area (Å²) in [6.07, 6.45) is 5.34. The SMILES string of the molecule is O=S(=O)(Nc1ccc(-c2ccccc2)cc1)c1ccc2c(c1)[C@H]1C=CC[C@H]1[C@@H](c1ccc(Cl)cc1)N2. The van der Waals surface area contributed by atoms with Crippen LogP contribution in [0.3, 0.4) is 0 Å². The molecule has 0 radical (unpaired) electrons. The molecule has 4 nitrogen and oxygen atoms in total. The Hall–Kier alpha value is -3.54. The standard InChI is InChI=1S/C30H25ClN2O2S/c31-23-13-9-22(10-14-23)30-27-8-4-7-26(27)28-19-25(17-18-29(28)32-30)36(34,35)33-24-15-11-21(12-16-24)20-5-2-1-3-6-20/h1-7,9-19,26-27,30,32-33H,8H2/t26-,27+,30+/m0/s1. The molecule has 180 valence electrons. The van der Waals surface area contributed by atoms with E-state index in [1.165, 1.54) is 5.56 Å². The molecule has 2 aliphatic rings. The van der Waals surface area contributed by atoms with Crippen LogP contribution in [0.15, 0.2) is 114 Å². The van der Waals surface area contributed by atoms with Gasteiger partial charge in [-0.2, -0.15) is 0 Å². The van der Waals surface area contributed by atoms with Gasteiger partial charge in [-0.3, -0.25) is 4.72 Å². The van der Waals surface area contributed by atoms with E-state index in [0.29, 0.717) is 16.6 Å². The first-order valence-corrected chi connectivity index (χ1v) is 13.8. The Morgan fingerprint density at radius 3 is 2.31 bits per heavy atom. The van der Waals surface area contributed by atoms with E-state index >= 15 is 0 Å². The van der Waals surface area contributed by atoms with Gasteiger partial charge in [-0.15, -0.1) is 0 Å². The van der Waals surface area contributed by atoms with Gasteiger partial charge in [0.15, 0.2) is 0 Å². The van der Waals surface area contributed by atoms with E-state index in [-0.39, 0.29) is 16.9 Å². The van der Waals surface area contributed by atoms with E-state index in [1.54, 1.807) is 18.2 Å². The van der Waals surface area contributed by atoms with Gasteiger partial charge in [0.25, 0.3) is 10.0 Å². The maximum Gasteiger partial charge on any atom is 0.261 e. The lowest BCUT2D eigenvalue weighted by molar-refractivity contribution is 0.425. The summed E-state index contributed by atoms with van der Waals surface area (Å²) < 4.78 is 29.3. The van der Waals surface area contributed by atoms with Gasteiger partial charge in [0, 0.05) is 22.3 Å². The Morgan fingerprint density at radius 2 is 1.56 bits per heavy atom. The molecule has 1 heterocycles. The topological polar surface area (TPSA) is 58.2 Å². The summed E-state index contributed by atoms with van der Waals surface area (Å²) >= 11 is 6.10. The molecule has 0 aromatic heterocycles. The zero-order chi connectivity index (χ0) is 24.7. The molecule has 0 saturated carbocycles. The Labute approximate surface area is 216 Å². The molecule has 0 saturated heterocycles. The van der Waals surface area contributed by atoms with Crippen molar-refractivity contribution in [3.8, 4) is 11.1 Å². The molecule has 2 N–H and O–H groups in total. The highest BCUT2D eigenvalue weighted by Crippen LogP contribution is 2.50. The van der Waals surface area contributed by atoms with Crippen molar-refractivity contribution in [2.75, 3.05) is 10.0 Å². The van der Waals surface area contributed by atoms with Gasteiger partial charge < -0.3 is 5.32 Å². The van der Waals surface area contributed by atoms with Crippen LogP contribution in [0.25, 0.3) is 11.1 Å². The van der Waals surface area contributed by atoms with Gasteiger partial charge in [-0.05, 0) is 77.1 Å². The van der Waals surface area contributed by atoms with Crippen LogP contribution in [0.2, 0.25) is 5.02 Å². The van der Waals surface area contributed by atoms with E-state index < -0.39 is 10.0 Å².